The lowest BCUT2D eigenvalue weighted by Gasteiger charge is -2.37. The van der Waals surface area contributed by atoms with Crippen molar-refractivity contribution in [2.75, 3.05) is 16.6 Å². The van der Waals surface area contributed by atoms with E-state index >= 15 is 0 Å². The van der Waals surface area contributed by atoms with Gasteiger partial charge >= 0.3 is 6.09 Å². The SMILES string of the molecule is CC(C)(C)OC(=O)N(SCCNC(c1ccccc1)(c1ccccc1)c1ccccc1)c1cc(S)ncn1. The normalized spacial score (nSPS) is 11.7. The summed E-state index contributed by atoms with van der Waals surface area (Å²) >= 11 is 5.65. The summed E-state index contributed by atoms with van der Waals surface area (Å²) in [6.07, 6.45) is 0.897. The summed E-state index contributed by atoms with van der Waals surface area (Å²) < 4.78 is 7.12. The molecule has 4 rings (SSSR count). The molecule has 0 radical (unpaired) electrons. The first-order valence-corrected chi connectivity index (χ1v) is 13.8. The van der Waals surface area contributed by atoms with Gasteiger partial charge in [-0.05, 0) is 49.4 Å². The van der Waals surface area contributed by atoms with Crippen molar-refractivity contribution in [1.29, 1.82) is 0 Å². The van der Waals surface area contributed by atoms with Gasteiger partial charge in [-0.25, -0.2) is 19.1 Å². The second-order valence-electron chi connectivity index (χ2n) is 9.62. The van der Waals surface area contributed by atoms with Gasteiger partial charge in [0.25, 0.3) is 0 Å². The number of carbonyl (C=O) groups excluding carboxylic acids is 1. The molecule has 0 aliphatic carbocycles. The van der Waals surface area contributed by atoms with E-state index in [4.69, 9.17) is 4.74 Å². The smallest absolute Gasteiger partial charge is 0.426 e. The fourth-order valence-corrected chi connectivity index (χ4v) is 5.13. The fourth-order valence-electron chi connectivity index (χ4n) is 4.21. The van der Waals surface area contributed by atoms with E-state index in [0.29, 0.717) is 23.1 Å². The van der Waals surface area contributed by atoms with Gasteiger partial charge in [0.05, 0.1) is 10.6 Å². The van der Waals surface area contributed by atoms with Crippen LogP contribution in [0.25, 0.3) is 0 Å². The van der Waals surface area contributed by atoms with Crippen molar-refractivity contribution in [2.45, 2.75) is 36.9 Å². The molecule has 6 nitrogen and oxygen atoms in total. The van der Waals surface area contributed by atoms with Gasteiger partial charge in [-0.1, -0.05) is 91.0 Å². The summed E-state index contributed by atoms with van der Waals surface area (Å²) in [6, 6.07) is 32.9. The number of amides is 1. The van der Waals surface area contributed by atoms with Crippen LogP contribution in [-0.4, -0.2) is 34.0 Å². The molecule has 3 aromatic carbocycles. The zero-order chi connectivity index (χ0) is 27.0. The quantitative estimate of drug-likeness (QED) is 0.0800. The summed E-state index contributed by atoms with van der Waals surface area (Å²) in [4.78, 5) is 21.4. The van der Waals surface area contributed by atoms with Crippen molar-refractivity contribution in [3.63, 3.8) is 0 Å². The van der Waals surface area contributed by atoms with Crippen LogP contribution in [0, 0.1) is 0 Å². The van der Waals surface area contributed by atoms with Gasteiger partial charge in [-0.3, -0.25) is 5.32 Å². The van der Waals surface area contributed by atoms with Crippen LogP contribution in [0.5, 0.6) is 0 Å². The van der Waals surface area contributed by atoms with Crippen molar-refractivity contribution in [1.82, 2.24) is 15.3 Å². The molecule has 1 heterocycles. The number of aromatic nitrogens is 2. The molecule has 1 amide bonds. The monoisotopic (exact) mass is 544 g/mol. The Morgan fingerprint density at radius 2 is 1.37 bits per heavy atom. The predicted molar refractivity (Wildman–Crippen MR) is 158 cm³/mol. The van der Waals surface area contributed by atoms with Crippen LogP contribution in [0.3, 0.4) is 0 Å². The van der Waals surface area contributed by atoms with Gasteiger partial charge in [-0.2, -0.15) is 0 Å². The Balaban J connectivity index is 1.63. The third-order valence-electron chi connectivity index (χ3n) is 5.74. The summed E-state index contributed by atoms with van der Waals surface area (Å²) in [5.74, 6) is 0.990. The summed E-state index contributed by atoms with van der Waals surface area (Å²) in [5, 5.41) is 4.31. The molecule has 0 spiro atoms. The number of benzene rings is 3. The Hall–Kier alpha value is -3.33. The number of hydrogen-bond donors (Lipinski definition) is 2. The largest absolute Gasteiger partial charge is 0.443 e. The molecular weight excluding hydrogens is 512 g/mol. The minimum Gasteiger partial charge on any atom is -0.443 e. The zero-order valence-corrected chi connectivity index (χ0v) is 23.5. The maximum Gasteiger partial charge on any atom is 0.426 e. The molecule has 0 atom stereocenters. The lowest BCUT2D eigenvalue weighted by Crippen LogP contribution is -2.46. The first kappa shape index (κ1) is 27.7. The number of ether oxygens (including phenoxy) is 1. The van der Waals surface area contributed by atoms with E-state index < -0.39 is 17.2 Å². The van der Waals surface area contributed by atoms with Crippen LogP contribution in [0.4, 0.5) is 10.6 Å². The molecule has 0 aliphatic rings. The Morgan fingerprint density at radius 3 is 1.82 bits per heavy atom. The van der Waals surface area contributed by atoms with E-state index in [1.54, 1.807) is 6.07 Å². The van der Waals surface area contributed by atoms with Gasteiger partial charge in [0, 0.05) is 18.4 Å². The first-order chi connectivity index (χ1) is 18.3. The number of thiol groups is 1. The molecule has 1 N–H and O–H groups in total. The molecule has 0 saturated carbocycles. The number of nitrogens with zero attached hydrogens (tertiary/aromatic N) is 3. The molecular formula is C30H32N4O2S2. The molecule has 0 bridgehead atoms. The number of anilines is 1. The van der Waals surface area contributed by atoms with E-state index in [-0.39, 0.29) is 0 Å². The minimum atomic E-state index is -0.645. The molecule has 0 unspecified atom stereocenters. The highest BCUT2D eigenvalue weighted by molar-refractivity contribution is 8.01. The van der Waals surface area contributed by atoms with Crippen molar-refractivity contribution >= 4 is 36.5 Å². The highest BCUT2D eigenvalue weighted by atomic mass is 32.2. The van der Waals surface area contributed by atoms with Crippen molar-refractivity contribution < 1.29 is 9.53 Å². The van der Waals surface area contributed by atoms with E-state index in [9.17, 15) is 4.79 Å². The van der Waals surface area contributed by atoms with Gasteiger partial charge in [0.15, 0.2) is 5.82 Å². The van der Waals surface area contributed by atoms with Crippen LogP contribution in [0.15, 0.2) is 108 Å². The average Bonchev–Trinajstić information content (AvgIpc) is 2.91. The maximum atomic E-state index is 13.1. The third-order valence-corrected chi connectivity index (χ3v) is 6.96. The fraction of sp³-hybridized carbons (Fsp3) is 0.233. The zero-order valence-electron chi connectivity index (χ0n) is 21.7. The molecule has 0 saturated heterocycles. The predicted octanol–water partition coefficient (Wildman–Crippen LogP) is 6.74. The van der Waals surface area contributed by atoms with Crippen LogP contribution in [0.1, 0.15) is 37.5 Å². The van der Waals surface area contributed by atoms with E-state index in [1.807, 2.05) is 39.0 Å². The summed E-state index contributed by atoms with van der Waals surface area (Å²) in [7, 11) is 0. The van der Waals surface area contributed by atoms with Crippen LogP contribution in [0.2, 0.25) is 0 Å². The minimum absolute atomic E-state index is 0.421. The van der Waals surface area contributed by atoms with E-state index in [2.05, 4.69) is 101 Å². The summed E-state index contributed by atoms with van der Waals surface area (Å²) in [6.45, 7) is 6.11. The molecule has 4 aromatic rings. The first-order valence-electron chi connectivity index (χ1n) is 12.4. The third kappa shape index (κ3) is 6.75. The van der Waals surface area contributed by atoms with E-state index in [0.717, 1.165) is 16.7 Å². The molecule has 8 heteroatoms. The summed E-state index contributed by atoms with van der Waals surface area (Å²) in [5.41, 5.74) is 2.15. The number of hydrogen-bond acceptors (Lipinski definition) is 7. The molecule has 1 aromatic heterocycles. The average molecular weight is 545 g/mol. The highest BCUT2D eigenvalue weighted by Gasteiger charge is 2.35. The van der Waals surface area contributed by atoms with E-state index in [1.165, 1.54) is 22.6 Å². The van der Waals surface area contributed by atoms with Crippen LogP contribution < -0.4 is 9.62 Å². The maximum absolute atomic E-state index is 13.1. The lowest BCUT2D eigenvalue weighted by molar-refractivity contribution is 0.0611. The van der Waals surface area contributed by atoms with Crippen LogP contribution >= 0.6 is 24.6 Å². The second-order valence-corrected chi connectivity index (χ2v) is 11.1. The van der Waals surface area contributed by atoms with Gasteiger partial charge in [0.2, 0.25) is 0 Å². The van der Waals surface area contributed by atoms with Crippen LogP contribution in [-0.2, 0) is 10.3 Å². The van der Waals surface area contributed by atoms with Crippen molar-refractivity contribution in [3.8, 4) is 0 Å². The standard InChI is InChI=1S/C30H32N4O2S2/c1-29(2,3)36-28(35)34(26-21-27(37)32-22-31-26)38-20-19-33-30(23-13-7-4-8-14-23,24-15-9-5-10-16-24)25-17-11-6-12-18-25/h4-18,21-22,33H,19-20H2,1-3H3,(H,31,32,37). The molecule has 0 fully saturated rings. The number of nitrogens with one attached hydrogen (secondary N) is 1. The molecule has 196 valence electrons. The number of carbonyl (C=O) groups is 1. The Kier molecular flexibility index (Phi) is 9.09. The van der Waals surface area contributed by atoms with Gasteiger partial charge in [-0.15, -0.1) is 12.6 Å². The topological polar surface area (TPSA) is 67.3 Å². The highest BCUT2D eigenvalue weighted by Crippen LogP contribution is 2.37. The Labute approximate surface area is 234 Å². The lowest BCUT2D eigenvalue weighted by atomic mass is 9.77. The molecule has 0 aliphatic heterocycles. The number of rotatable bonds is 9. The van der Waals surface area contributed by atoms with Gasteiger partial charge in [0.1, 0.15) is 11.9 Å². The van der Waals surface area contributed by atoms with Gasteiger partial charge < -0.3 is 4.74 Å². The second kappa shape index (κ2) is 12.5. The van der Waals surface area contributed by atoms with Crippen molar-refractivity contribution in [2.24, 2.45) is 0 Å². The Morgan fingerprint density at radius 1 is 0.868 bits per heavy atom. The Bertz CT molecular complexity index is 1220. The molecule has 38 heavy (non-hydrogen) atoms. The van der Waals surface area contributed by atoms with Crippen molar-refractivity contribution in [3.05, 3.63) is 120 Å².